The van der Waals surface area contributed by atoms with Gasteiger partial charge in [-0.3, -0.25) is 9.59 Å². The predicted molar refractivity (Wildman–Crippen MR) is 136 cm³/mol. The van der Waals surface area contributed by atoms with Crippen LogP contribution in [-0.2, 0) is 9.59 Å². The second-order valence-corrected chi connectivity index (χ2v) is 8.22. The number of aliphatic hydroxyl groups is 1. The number of hydrogen-bond acceptors (Lipinski definition) is 8. The smallest absolute Gasteiger partial charge is 0.295 e. The van der Waals surface area contributed by atoms with Gasteiger partial charge in [-0.25, -0.2) is 0 Å². The number of likely N-dealkylation sites (tertiary alicyclic amines) is 1. The summed E-state index contributed by atoms with van der Waals surface area (Å²) in [6.07, 6.45) is 0. The van der Waals surface area contributed by atoms with Crippen molar-refractivity contribution >= 4 is 17.4 Å². The van der Waals surface area contributed by atoms with Crippen LogP contribution < -0.4 is 14.2 Å². The Bertz CT molecular complexity index is 1120. The third-order valence-corrected chi connectivity index (χ3v) is 6.36. The van der Waals surface area contributed by atoms with E-state index in [0.717, 1.165) is 13.1 Å². The highest BCUT2D eigenvalue weighted by Crippen LogP contribution is 2.44. The van der Waals surface area contributed by atoms with Crippen LogP contribution in [-0.4, -0.2) is 78.7 Å². The monoisotopic (exact) mass is 498 g/mol. The van der Waals surface area contributed by atoms with Crippen LogP contribution in [0.1, 0.15) is 37.9 Å². The lowest BCUT2D eigenvalue weighted by Gasteiger charge is -2.28. The van der Waals surface area contributed by atoms with E-state index in [1.54, 1.807) is 37.3 Å². The quantitative estimate of drug-likeness (QED) is 0.275. The van der Waals surface area contributed by atoms with Gasteiger partial charge in [0.25, 0.3) is 11.7 Å². The van der Waals surface area contributed by atoms with E-state index >= 15 is 0 Å². The van der Waals surface area contributed by atoms with Crippen molar-refractivity contribution < 1.29 is 34.0 Å². The molecule has 2 N–H and O–H groups in total. The molecule has 0 bridgehead atoms. The van der Waals surface area contributed by atoms with Crippen LogP contribution in [0.4, 0.5) is 0 Å². The molecule has 1 atom stereocenters. The largest absolute Gasteiger partial charge is 0.506 e. The number of hydrogen-bond donors (Lipinski definition) is 2. The maximum absolute atomic E-state index is 13.4. The van der Waals surface area contributed by atoms with Crippen molar-refractivity contribution in [1.82, 2.24) is 9.80 Å². The fourth-order valence-corrected chi connectivity index (χ4v) is 4.44. The van der Waals surface area contributed by atoms with Crippen molar-refractivity contribution in [3.63, 3.8) is 0 Å². The Balaban J connectivity index is 2.24. The van der Waals surface area contributed by atoms with E-state index in [-0.39, 0.29) is 29.2 Å². The fraction of sp³-hybridized carbons (Fsp3) is 0.407. The number of aliphatic hydroxyl groups excluding tert-OH is 1. The highest BCUT2D eigenvalue weighted by Gasteiger charge is 2.46. The Hall–Kier alpha value is -3.72. The lowest BCUT2D eigenvalue weighted by atomic mass is 9.94. The van der Waals surface area contributed by atoms with Crippen molar-refractivity contribution in [1.29, 1.82) is 0 Å². The van der Waals surface area contributed by atoms with Crippen LogP contribution in [0.25, 0.3) is 5.76 Å². The van der Waals surface area contributed by atoms with Crippen LogP contribution in [0.3, 0.4) is 0 Å². The number of methoxy groups -OCH3 is 2. The lowest BCUT2D eigenvalue weighted by molar-refractivity contribution is -0.140. The second kappa shape index (κ2) is 11.8. The number of amides is 1. The summed E-state index contributed by atoms with van der Waals surface area (Å²) >= 11 is 0. The third kappa shape index (κ3) is 5.11. The first-order chi connectivity index (χ1) is 17.3. The Morgan fingerprint density at radius 3 is 2.19 bits per heavy atom. The SMILES string of the molecule is CCOc1cc(C2/C(=C(\O)c3c(OC)cccc3OC)C(=O)C(=O)N2CCN(CC)CC)ccc1O. The zero-order valence-electron chi connectivity index (χ0n) is 21.4. The van der Waals surface area contributed by atoms with Crippen molar-refractivity contribution in [2.45, 2.75) is 26.8 Å². The minimum atomic E-state index is -0.907. The summed E-state index contributed by atoms with van der Waals surface area (Å²) in [4.78, 5) is 30.3. The molecule has 0 radical (unpaired) electrons. The average Bonchev–Trinajstić information content (AvgIpc) is 3.14. The first kappa shape index (κ1) is 26.9. The number of likely N-dealkylation sites (N-methyl/N-ethyl adjacent to an activating group) is 1. The van der Waals surface area contributed by atoms with Crippen molar-refractivity contribution in [3.8, 4) is 23.0 Å². The molecule has 0 aliphatic carbocycles. The number of benzene rings is 2. The molecule has 9 heteroatoms. The highest BCUT2D eigenvalue weighted by atomic mass is 16.5. The number of nitrogens with zero attached hydrogens (tertiary/aromatic N) is 2. The Kier molecular flexibility index (Phi) is 8.82. The first-order valence-electron chi connectivity index (χ1n) is 12.0. The summed E-state index contributed by atoms with van der Waals surface area (Å²) in [6, 6.07) is 8.72. The van der Waals surface area contributed by atoms with Gasteiger partial charge in [-0.2, -0.15) is 0 Å². The van der Waals surface area contributed by atoms with E-state index in [2.05, 4.69) is 4.90 Å². The highest BCUT2D eigenvalue weighted by molar-refractivity contribution is 6.46. The second-order valence-electron chi connectivity index (χ2n) is 8.22. The normalized spacial score (nSPS) is 17.1. The first-order valence-corrected chi connectivity index (χ1v) is 12.0. The van der Waals surface area contributed by atoms with Gasteiger partial charge in [-0.15, -0.1) is 0 Å². The summed E-state index contributed by atoms with van der Waals surface area (Å²) < 4.78 is 16.4. The molecule has 1 aliphatic heterocycles. The van der Waals surface area contributed by atoms with Crippen LogP contribution in [0.2, 0.25) is 0 Å². The van der Waals surface area contributed by atoms with E-state index in [1.807, 2.05) is 13.8 Å². The minimum Gasteiger partial charge on any atom is -0.506 e. The number of phenols is 1. The van der Waals surface area contributed by atoms with E-state index in [9.17, 15) is 19.8 Å². The van der Waals surface area contributed by atoms with Crippen molar-refractivity contribution in [2.24, 2.45) is 0 Å². The Labute approximate surface area is 211 Å². The molecule has 1 amide bonds. The number of ketones is 1. The lowest BCUT2D eigenvalue weighted by Crippen LogP contribution is -2.38. The topological polar surface area (TPSA) is 109 Å². The van der Waals surface area contributed by atoms with Gasteiger partial charge < -0.3 is 34.2 Å². The number of phenolic OH excluding ortho intramolecular Hbond substituents is 1. The fourth-order valence-electron chi connectivity index (χ4n) is 4.44. The van der Waals surface area contributed by atoms with Crippen LogP contribution in [0.5, 0.6) is 23.0 Å². The van der Waals surface area contributed by atoms with Gasteiger partial charge in [-0.1, -0.05) is 26.0 Å². The standard InChI is InChI=1S/C27H34N2O7/c1-6-28(7-2)14-15-29-24(17-12-13-18(30)21(16-17)36-8-3)23(26(32)27(29)33)25(31)22-19(34-4)10-9-11-20(22)35-5/h9-13,16,24,30-31H,6-8,14-15H2,1-5H3/b25-23+. The van der Waals surface area contributed by atoms with E-state index in [0.29, 0.717) is 30.2 Å². The molecule has 2 aromatic rings. The van der Waals surface area contributed by atoms with Gasteiger partial charge in [0.1, 0.15) is 22.8 Å². The molecule has 0 aromatic heterocycles. The minimum absolute atomic E-state index is 0.0629. The molecule has 1 aliphatic rings. The van der Waals surface area contributed by atoms with Gasteiger partial charge in [0.05, 0.1) is 32.4 Å². The van der Waals surface area contributed by atoms with E-state index < -0.39 is 23.5 Å². The summed E-state index contributed by atoms with van der Waals surface area (Å²) in [5, 5.41) is 21.7. The summed E-state index contributed by atoms with van der Waals surface area (Å²) in [5.41, 5.74) is 0.610. The maximum Gasteiger partial charge on any atom is 0.295 e. The van der Waals surface area contributed by atoms with Crippen LogP contribution in [0, 0.1) is 0 Å². The molecule has 1 heterocycles. The molecule has 36 heavy (non-hydrogen) atoms. The average molecular weight is 499 g/mol. The summed E-state index contributed by atoms with van der Waals surface area (Å²) in [6.45, 7) is 8.55. The Morgan fingerprint density at radius 2 is 1.64 bits per heavy atom. The molecule has 9 nitrogen and oxygen atoms in total. The number of carbonyl (C=O) groups is 2. The van der Waals surface area contributed by atoms with E-state index in [4.69, 9.17) is 14.2 Å². The molecular formula is C27H34N2O7. The third-order valence-electron chi connectivity index (χ3n) is 6.36. The molecule has 1 fully saturated rings. The molecular weight excluding hydrogens is 464 g/mol. The molecule has 0 saturated carbocycles. The molecule has 3 rings (SSSR count). The van der Waals surface area contributed by atoms with E-state index in [1.165, 1.54) is 25.2 Å². The van der Waals surface area contributed by atoms with Gasteiger partial charge >= 0.3 is 0 Å². The van der Waals surface area contributed by atoms with Gasteiger partial charge in [0.15, 0.2) is 11.5 Å². The van der Waals surface area contributed by atoms with Gasteiger partial charge in [0.2, 0.25) is 0 Å². The van der Waals surface area contributed by atoms with Crippen LogP contribution >= 0.6 is 0 Å². The van der Waals surface area contributed by atoms with Crippen LogP contribution in [0.15, 0.2) is 42.0 Å². The molecule has 2 aromatic carbocycles. The number of ether oxygens (including phenoxy) is 3. The number of aromatic hydroxyl groups is 1. The van der Waals surface area contributed by atoms with Gasteiger partial charge in [0, 0.05) is 13.1 Å². The predicted octanol–water partition coefficient (Wildman–Crippen LogP) is 3.57. The number of carbonyl (C=O) groups excluding carboxylic acids is 2. The molecule has 194 valence electrons. The summed E-state index contributed by atoms with van der Waals surface area (Å²) in [5.74, 6) is -1.18. The van der Waals surface area contributed by atoms with Gasteiger partial charge in [-0.05, 0) is 49.8 Å². The zero-order chi connectivity index (χ0) is 26.4. The maximum atomic E-state index is 13.4. The van der Waals surface area contributed by atoms with Crippen molar-refractivity contribution in [3.05, 3.63) is 53.1 Å². The number of Topliss-reactive ketones (excluding diaryl/α,β-unsaturated/α-hetero) is 1. The molecule has 1 saturated heterocycles. The Morgan fingerprint density at radius 1 is 1.00 bits per heavy atom. The molecule has 0 spiro atoms. The summed E-state index contributed by atoms with van der Waals surface area (Å²) in [7, 11) is 2.89. The van der Waals surface area contributed by atoms with Crippen molar-refractivity contribution in [2.75, 3.05) is 47.0 Å². The molecule has 1 unspecified atom stereocenters. The zero-order valence-corrected chi connectivity index (χ0v) is 21.4. The number of rotatable bonds is 11.